The van der Waals surface area contributed by atoms with Gasteiger partial charge in [-0.15, -0.1) is 0 Å². The first-order valence-electron chi connectivity index (χ1n) is 6.89. The summed E-state index contributed by atoms with van der Waals surface area (Å²) < 4.78 is 17.2. The first-order valence-corrected chi connectivity index (χ1v) is 9.82. The number of nitrogens with zero attached hydrogens (tertiary/aromatic N) is 2. The predicted octanol–water partition coefficient (Wildman–Crippen LogP) is 3.72. The quantitative estimate of drug-likeness (QED) is 0.397. The van der Waals surface area contributed by atoms with E-state index in [-0.39, 0.29) is 25.0 Å². The van der Waals surface area contributed by atoms with Crippen molar-refractivity contribution in [1.82, 2.24) is 4.57 Å². The van der Waals surface area contributed by atoms with Crippen LogP contribution in [0.1, 0.15) is 5.56 Å². The van der Waals surface area contributed by atoms with Crippen molar-refractivity contribution >= 4 is 29.7 Å². The molecule has 6 heteroatoms. The molecule has 24 heavy (non-hydrogen) atoms. The Kier molecular flexibility index (Phi) is 6.56. The zero-order chi connectivity index (χ0) is 16.6. The van der Waals surface area contributed by atoms with Crippen molar-refractivity contribution in [1.29, 1.82) is 5.26 Å². The third-order valence-electron chi connectivity index (χ3n) is 3.70. The van der Waals surface area contributed by atoms with Gasteiger partial charge in [0.05, 0.1) is 0 Å². The van der Waals surface area contributed by atoms with Gasteiger partial charge in [0.2, 0.25) is 0 Å². The molecule has 0 atom stereocenters. The SMILES string of the molecule is Cc1cccc2c1c1ccccc1n2[C](=[W])/C=C(/F)[C](=[W])C#N.[W]. The van der Waals surface area contributed by atoms with Gasteiger partial charge in [-0.25, -0.2) is 0 Å². The van der Waals surface area contributed by atoms with Crippen molar-refractivity contribution in [3.05, 3.63) is 59.9 Å². The molecule has 2 nitrogen and oxygen atoms in total. The molecule has 118 valence electrons. The molecule has 0 saturated carbocycles. The molecular weight excluding hydrogens is 815 g/mol. The molecule has 3 aromatic rings. The monoisotopic (exact) mass is 826 g/mol. The van der Waals surface area contributed by atoms with Crippen LogP contribution in [0.15, 0.2) is 54.4 Å². The summed E-state index contributed by atoms with van der Waals surface area (Å²) >= 11 is 2.00. The Morgan fingerprint density at radius 2 is 1.79 bits per heavy atom. The van der Waals surface area contributed by atoms with E-state index in [1.807, 2.05) is 24.3 Å². The molecule has 0 N–H and O–H groups in total. The molecule has 0 aliphatic rings. The van der Waals surface area contributed by atoms with Crippen LogP contribution in [0.5, 0.6) is 0 Å². The van der Waals surface area contributed by atoms with E-state index in [1.165, 1.54) is 22.4 Å². The van der Waals surface area contributed by atoms with E-state index in [1.54, 1.807) is 0 Å². The fourth-order valence-electron chi connectivity index (χ4n) is 2.73. The van der Waals surface area contributed by atoms with Gasteiger partial charge >= 0.3 is 156 Å². The first-order chi connectivity index (χ1) is 11.0. The fraction of sp³-hybridized carbons (Fsp3) is 0.0556. The van der Waals surface area contributed by atoms with Gasteiger partial charge in [-0.1, -0.05) is 0 Å². The second-order valence-corrected chi connectivity index (χ2v) is 8.06. The van der Waals surface area contributed by atoms with Crippen molar-refractivity contribution in [3.63, 3.8) is 0 Å². The van der Waals surface area contributed by atoms with Gasteiger partial charge in [0.15, 0.2) is 0 Å². The number of allylic oxidation sites excluding steroid dienone is 2. The van der Waals surface area contributed by atoms with Crippen LogP contribution in [0.25, 0.3) is 21.8 Å². The van der Waals surface area contributed by atoms with Gasteiger partial charge in [0.1, 0.15) is 0 Å². The van der Waals surface area contributed by atoms with Crippen LogP contribution in [0, 0.1) is 18.3 Å². The molecule has 2 aromatic carbocycles. The maximum absolute atomic E-state index is 14.1. The van der Waals surface area contributed by atoms with Crippen molar-refractivity contribution in [2.75, 3.05) is 0 Å². The van der Waals surface area contributed by atoms with E-state index in [2.05, 4.69) is 35.8 Å². The Hall–Kier alpha value is -0.795. The molecule has 0 fully saturated rings. The Balaban J connectivity index is 0.00000208. The molecule has 0 bridgehead atoms. The van der Waals surface area contributed by atoms with Gasteiger partial charge in [0, 0.05) is 21.1 Å². The second kappa shape index (κ2) is 8.06. The molecule has 0 radical (unpaired) electrons. The topological polar surface area (TPSA) is 28.7 Å². The molecule has 0 saturated heterocycles. The third-order valence-corrected chi connectivity index (χ3v) is 5.80. The summed E-state index contributed by atoms with van der Waals surface area (Å²) in [6.07, 6.45) is 1.48. The number of halogens is 1. The molecule has 3 rings (SSSR count). The zero-order valence-electron chi connectivity index (χ0n) is 12.6. The molecule has 1 heterocycles. The van der Waals surface area contributed by atoms with Crippen molar-refractivity contribution in [2.24, 2.45) is 0 Å². The van der Waals surface area contributed by atoms with Gasteiger partial charge in [-0.05, 0) is 0 Å². The maximum Gasteiger partial charge on any atom is 0 e. The minimum absolute atomic E-state index is 0. The van der Waals surface area contributed by atoms with Crippen LogP contribution in [-0.2, 0) is 59.8 Å². The summed E-state index contributed by atoms with van der Waals surface area (Å²) in [7, 11) is 0. The Labute approximate surface area is 175 Å². The van der Waals surface area contributed by atoms with Crippen LogP contribution >= 0.6 is 0 Å². The van der Waals surface area contributed by atoms with Crippen LogP contribution in [0.3, 0.4) is 0 Å². The van der Waals surface area contributed by atoms with Gasteiger partial charge in [-0.2, -0.15) is 0 Å². The molecule has 0 amide bonds. The largest absolute Gasteiger partial charge is 0 e. The number of hydrogen-bond acceptors (Lipinski definition) is 1. The third kappa shape index (κ3) is 3.43. The zero-order valence-corrected chi connectivity index (χ0v) is 21.4. The number of hydrogen-bond donors (Lipinski definition) is 0. The smallest absolute Gasteiger partial charge is 0 e. The Morgan fingerprint density at radius 3 is 2.50 bits per heavy atom. The van der Waals surface area contributed by atoms with E-state index >= 15 is 0 Å². The number of nitriles is 1. The fourth-order valence-corrected chi connectivity index (χ4v) is 4.02. The molecule has 0 spiro atoms. The summed E-state index contributed by atoms with van der Waals surface area (Å²) in [5, 5.41) is 11.2. The number of para-hydroxylation sites is 1. The number of rotatable bonds is 3. The van der Waals surface area contributed by atoms with E-state index in [9.17, 15) is 4.39 Å². The summed E-state index contributed by atoms with van der Waals surface area (Å²) in [5.41, 5.74) is 3.34. The van der Waals surface area contributed by atoms with E-state index in [4.69, 9.17) is 5.26 Å². The number of aryl methyl sites for hydroxylation is 1. The summed E-state index contributed by atoms with van der Waals surface area (Å²) in [5.74, 6) is -0.439. The molecule has 0 unspecified atom stereocenters. The van der Waals surface area contributed by atoms with Crippen molar-refractivity contribution in [2.45, 2.75) is 6.92 Å². The first kappa shape index (κ1) is 19.5. The Morgan fingerprint density at radius 1 is 1.12 bits per heavy atom. The average molecular weight is 826 g/mol. The Bertz CT molecular complexity index is 1040. The normalized spacial score (nSPS) is 11.1. The molecule has 1 aromatic heterocycles. The number of benzene rings is 2. The second-order valence-electron chi connectivity index (χ2n) is 5.09. The van der Waals surface area contributed by atoms with Crippen molar-refractivity contribution < 1.29 is 64.2 Å². The van der Waals surface area contributed by atoms with Gasteiger partial charge in [-0.3, -0.25) is 0 Å². The molecule has 0 aliphatic heterocycles. The van der Waals surface area contributed by atoms with Crippen LogP contribution in [0.4, 0.5) is 4.39 Å². The van der Waals surface area contributed by atoms with E-state index < -0.39 is 5.83 Å². The maximum atomic E-state index is 14.1. The molecule has 0 aliphatic carbocycles. The van der Waals surface area contributed by atoms with Gasteiger partial charge < -0.3 is 0 Å². The minimum atomic E-state index is -0.439. The van der Waals surface area contributed by atoms with Crippen LogP contribution in [-0.4, -0.2) is 12.5 Å². The average Bonchev–Trinajstić information content (AvgIpc) is 2.89. The van der Waals surface area contributed by atoms with Crippen LogP contribution in [0.2, 0.25) is 0 Å². The summed E-state index contributed by atoms with van der Waals surface area (Å²) in [6.45, 7) is 2.09. The van der Waals surface area contributed by atoms with E-state index in [0.717, 1.165) is 53.8 Å². The van der Waals surface area contributed by atoms with Crippen LogP contribution < -0.4 is 0 Å². The summed E-state index contributed by atoms with van der Waals surface area (Å²) in [6, 6.07) is 16.2. The summed E-state index contributed by atoms with van der Waals surface area (Å²) in [4.78, 5) is 0. The van der Waals surface area contributed by atoms with Crippen molar-refractivity contribution in [3.8, 4) is 6.07 Å². The minimum Gasteiger partial charge on any atom is 0 e. The molecular formula is C18H11FN2W3. The van der Waals surface area contributed by atoms with Gasteiger partial charge in [0.25, 0.3) is 0 Å². The predicted molar refractivity (Wildman–Crippen MR) is 84.4 cm³/mol. The number of fused-ring (bicyclic) bond motifs is 3. The standard InChI is InChI=1S/C18H11FN2.3W/c1-13-5-4-8-17-18(13)15-6-2-3-7-16(15)21(17)12-10-14(19)9-11-20;;;/h2-8,10H,1H3;;;/b14-10+;;;. The number of aromatic nitrogens is 1. The van der Waals surface area contributed by atoms with E-state index in [0.29, 0.717) is 0 Å².